The number of hydrogen-bond donors (Lipinski definition) is 0. The van der Waals surface area contributed by atoms with Crippen molar-refractivity contribution in [3.05, 3.63) is 42.4 Å². The van der Waals surface area contributed by atoms with Gasteiger partial charge in [0.05, 0.1) is 18.0 Å². The Kier molecular flexibility index (Phi) is 4.98. The fraction of sp³-hybridized carbons (Fsp3) is 0.429. The van der Waals surface area contributed by atoms with E-state index in [1.54, 1.807) is 6.20 Å². The van der Waals surface area contributed by atoms with Crippen LogP contribution in [-0.4, -0.2) is 33.7 Å². The summed E-state index contributed by atoms with van der Waals surface area (Å²) in [5.74, 6) is -0.864. The van der Waals surface area contributed by atoms with Crippen molar-refractivity contribution in [1.82, 2.24) is 9.88 Å². The number of oxazole rings is 1. The number of amides is 2. The van der Waals surface area contributed by atoms with Gasteiger partial charge in [-0.1, -0.05) is 43.2 Å². The molecule has 0 radical (unpaired) electrons. The zero-order valence-corrected chi connectivity index (χ0v) is 15.7. The van der Waals surface area contributed by atoms with Crippen LogP contribution in [0.1, 0.15) is 38.5 Å². The molecule has 2 aromatic rings. The highest BCUT2D eigenvalue weighted by Gasteiger charge is 2.51. The Bertz CT molecular complexity index is 867. The van der Waals surface area contributed by atoms with Crippen LogP contribution >= 0.6 is 0 Å². The Morgan fingerprint density at radius 2 is 1.82 bits per heavy atom. The summed E-state index contributed by atoms with van der Waals surface area (Å²) in [6, 6.07) is 8.52. The maximum atomic E-state index is 12.6. The van der Waals surface area contributed by atoms with Crippen molar-refractivity contribution in [3.8, 4) is 11.3 Å². The number of rotatable bonds is 5. The van der Waals surface area contributed by atoms with Crippen LogP contribution in [-0.2, 0) is 25.7 Å². The molecule has 3 atom stereocenters. The van der Waals surface area contributed by atoms with Crippen molar-refractivity contribution in [3.63, 3.8) is 0 Å². The molecular weight excluding hydrogens is 360 g/mol. The number of imide groups is 1. The topological polar surface area (TPSA) is 89.7 Å². The number of ether oxygens (including phenoxy) is 1. The minimum Gasteiger partial charge on any atom is -0.454 e. The number of benzene rings is 1. The fourth-order valence-corrected chi connectivity index (χ4v) is 4.04. The van der Waals surface area contributed by atoms with Crippen molar-refractivity contribution < 1.29 is 23.5 Å². The van der Waals surface area contributed by atoms with Crippen molar-refractivity contribution in [2.24, 2.45) is 11.8 Å². The summed E-state index contributed by atoms with van der Waals surface area (Å²) >= 11 is 0. The smallest absolute Gasteiger partial charge is 0.329 e. The Balaban J connectivity index is 1.38. The second-order valence-corrected chi connectivity index (χ2v) is 7.31. The number of carbonyl (C=O) groups is 3. The molecule has 1 aliphatic carbocycles. The van der Waals surface area contributed by atoms with E-state index in [-0.39, 0.29) is 36.1 Å². The minimum absolute atomic E-state index is 0.154. The normalized spacial score (nSPS) is 22.8. The Hall–Kier alpha value is -2.96. The third-order valence-corrected chi connectivity index (χ3v) is 5.55. The van der Waals surface area contributed by atoms with Gasteiger partial charge in [0.25, 0.3) is 0 Å². The monoisotopic (exact) mass is 382 g/mol. The average Bonchev–Trinajstić information content (AvgIpc) is 3.30. The largest absolute Gasteiger partial charge is 0.454 e. The standard InChI is InChI=1S/C21H22N2O5/c1-13(23-19(24)15-9-5-6-10-16(15)20(23)25)21(26)27-12-18-22-11-17(28-18)14-7-3-2-4-8-14/h2-4,7-8,11,13,15-16H,5-6,9-10,12H2,1H3/t13-,15+,16+/m0/s1. The second-order valence-electron chi connectivity index (χ2n) is 7.31. The minimum atomic E-state index is -0.950. The van der Waals surface area contributed by atoms with Crippen LogP contribution in [0.3, 0.4) is 0 Å². The molecule has 2 aliphatic rings. The van der Waals surface area contributed by atoms with Gasteiger partial charge in [0, 0.05) is 5.56 Å². The first-order valence-corrected chi connectivity index (χ1v) is 9.60. The first-order valence-electron chi connectivity index (χ1n) is 9.60. The predicted octanol–water partition coefficient (Wildman–Crippen LogP) is 2.95. The summed E-state index contributed by atoms with van der Waals surface area (Å²) in [5, 5.41) is 0. The van der Waals surface area contributed by atoms with Crippen molar-refractivity contribution in [1.29, 1.82) is 0 Å². The SMILES string of the molecule is C[C@@H](C(=O)OCc1ncc(-c2ccccc2)o1)N1C(=O)[C@@H]2CCCC[C@H]2C1=O. The molecule has 0 N–H and O–H groups in total. The number of hydrogen-bond acceptors (Lipinski definition) is 6. The summed E-state index contributed by atoms with van der Waals surface area (Å²) in [5.41, 5.74) is 0.872. The lowest BCUT2D eigenvalue weighted by molar-refractivity contribution is -0.159. The molecule has 2 heterocycles. The number of fused-ring (bicyclic) bond motifs is 1. The number of esters is 1. The lowest BCUT2D eigenvalue weighted by Gasteiger charge is -2.21. The molecule has 2 amide bonds. The third-order valence-electron chi connectivity index (χ3n) is 5.55. The Morgan fingerprint density at radius 3 is 2.46 bits per heavy atom. The van der Waals surface area contributed by atoms with Gasteiger partial charge in [-0.25, -0.2) is 9.78 Å². The van der Waals surface area contributed by atoms with Gasteiger partial charge in [0.2, 0.25) is 17.7 Å². The van der Waals surface area contributed by atoms with E-state index in [1.165, 1.54) is 6.92 Å². The highest BCUT2D eigenvalue weighted by Crippen LogP contribution is 2.39. The van der Waals surface area contributed by atoms with E-state index >= 15 is 0 Å². The molecule has 0 spiro atoms. The summed E-state index contributed by atoms with van der Waals surface area (Å²) in [6.45, 7) is 1.37. The molecule has 1 saturated carbocycles. The van der Waals surface area contributed by atoms with Gasteiger partial charge < -0.3 is 9.15 Å². The van der Waals surface area contributed by atoms with Crippen molar-refractivity contribution in [2.45, 2.75) is 45.3 Å². The average molecular weight is 382 g/mol. The van der Waals surface area contributed by atoms with E-state index in [0.717, 1.165) is 23.3 Å². The molecule has 1 aromatic heterocycles. The zero-order chi connectivity index (χ0) is 19.7. The number of nitrogens with zero attached hydrogens (tertiary/aromatic N) is 2. The van der Waals surface area contributed by atoms with Crippen LogP contribution in [0.2, 0.25) is 0 Å². The maximum Gasteiger partial charge on any atom is 0.329 e. The van der Waals surface area contributed by atoms with Crippen molar-refractivity contribution >= 4 is 17.8 Å². The molecule has 1 aliphatic heterocycles. The van der Waals surface area contributed by atoms with E-state index < -0.39 is 12.0 Å². The molecule has 7 heteroatoms. The predicted molar refractivity (Wildman–Crippen MR) is 98.5 cm³/mol. The Labute approximate surface area is 162 Å². The Morgan fingerprint density at radius 1 is 1.18 bits per heavy atom. The summed E-state index contributed by atoms with van der Waals surface area (Å²) in [7, 11) is 0. The van der Waals surface area contributed by atoms with E-state index in [0.29, 0.717) is 18.6 Å². The lowest BCUT2D eigenvalue weighted by Crippen LogP contribution is -2.44. The van der Waals surface area contributed by atoms with Crippen LogP contribution in [0.4, 0.5) is 0 Å². The van der Waals surface area contributed by atoms with Crippen LogP contribution in [0.25, 0.3) is 11.3 Å². The van der Waals surface area contributed by atoms with Gasteiger partial charge in [-0.2, -0.15) is 0 Å². The molecule has 2 fully saturated rings. The first-order chi connectivity index (χ1) is 13.6. The molecular formula is C21H22N2O5. The molecule has 28 heavy (non-hydrogen) atoms. The second kappa shape index (κ2) is 7.58. The molecule has 1 aromatic carbocycles. The highest BCUT2D eigenvalue weighted by atomic mass is 16.5. The zero-order valence-electron chi connectivity index (χ0n) is 15.7. The number of likely N-dealkylation sites (tertiary alicyclic amines) is 1. The van der Waals surface area contributed by atoms with Gasteiger partial charge in [-0.15, -0.1) is 0 Å². The maximum absolute atomic E-state index is 12.6. The molecule has 4 rings (SSSR count). The molecule has 0 bridgehead atoms. The fourth-order valence-electron chi connectivity index (χ4n) is 4.04. The van der Waals surface area contributed by atoms with Crippen LogP contribution in [0.15, 0.2) is 40.9 Å². The highest BCUT2D eigenvalue weighted by molar-refractivity contribution is 6.07. The first kappa shape index (κ1) is 18.4. The van der Waals surface area contributed by atoms with Gasteiger partial charge in [0.1, 0.15) is 6.04 Å². The van der Waals surface area contributed by atoms with Gasteiger partial charge in [-0.3, -0.25) is 14.5 Å². The van der Waals surface area contributed by atoms with E-state index in [4.69, 9.17) is 9.15 Å². The van der Waals surface area contributed by atoms with E-state index in [1.807, 2.05) is 30.3 Å². The van der Waals surface area contributed by atoms with Gasteiger partial charge in [0.15, 0.2) is 12.4 Å². The molecule has 7 nitrogen and oxygen atoms in total. The van der Waals surface area contributed by atoms with E-state index in [2.05, 4.69) is 4.98 Å². The third kappa shape index (κ3) is 3.32. The molecule has 1 saturated heterocycles. The van der Waals surface area contributed by atoms with Gasteiger partial charge >= 0.3 is 5.97 Å². The van der Waals surface area contributed by atoms with E-state index in [9.17, 15) is 14.4 Å². The number of carbonyl (C=O) groups excluding carboxylic acids is 3. The van der Waals surface area contributed by atoms with Crippen molar-refractivity contribution in [2.75, 3.05) is 0 Å². The molecule has 146 valence electrons. The molecule has 0 unspecified atom stereocenters. The lowest BCUT2D eigenvalue weighted by atomic mass is 9.81. The summed E-state index contributed by atoms with van der Waals surface area (Å²) < 4.78 is 10.9. The van der Waals surface area contributed by atoms with Gasteiger partial charge in [-0.05, 0) is 19.8 Å². The number of aromatic nitrogens is 1. The quantitative estimate of drug-likeness (QED) is 0.583. The summed E-state index contributed by atoms with van der Waals surface area (Å²) in [4.78, 5) is 42.8. The van der Waals surface area contributed by atoms with Crippen LogP contribution in [0.5, 0.6) is 0 Å². The van der Waals surface area contributed by atoms with Crippen LogP contribution in [0, 0.1) is 11.8 Å². The van der Waals surface area contributed by atoms with Crippen LogP contribution < -0.4 is 0 Å². The summed E-state index contributed by atoms with van der Waals surface area (Å²) in [6.07, 6.45) is 4.89.